The topological polar surface area (TPSA) is 46.3 Å². The van der Waals surface area contributed by atoms with E-state index >= 15 is 0 Å². The summed E-state index contributed by atoms with van der Waals surface area (Å²) < 4.78 is 0. The SMILES string of the molecule is Cc1cccc(CCCN(C(=O)CN)[C@H](C)c2cccc3ccccc23)c1. The van der Waals surface area contributed by atoms with Crippen LogP contribution in [0.15, 0.2) is 66.7 Å². The molecule has 1 amide bonds. The van der Waals surface area contributed by atoms with Crippen LogP contribution in [-0.4, -0.2) is 23.9 Å². The number of nitrogens with zero attached hydrogens (tertiary/aromatic N) is 1. The zero-order valence-corrected chi connectivity index (χ0v) is 16.2. The zero-order chi connectivity index (χ0) is 19.2. The highest BCUT2D eigenvalue weighted by atomic mass is 16.2. The maximum absolute atomic E-state index is 12.6. The smallest absolute Gasteiger partial charge is 0.236 e. The van der Waals surface area contributed by atoms with Crippen molar-refractivity contribution in [3.8, 4) is 0 Å². The molecule has 0 bridgehead atoms. The van der Waals surface area contributed by atoms with E-state index in [0.29, 0.717) is 6.54 Å². The van der Waals surface area contributed by atoms with E-state index in [1.54, 1.807) is 0 Å². The molecule has 0 radical (unpaired) electrons. The predicted octanol–water partition coefficient (Wildman–Crippen LogP) is 4.63. The Labute approximate surface area is 161 Å². The molecule has 2 N–H and O–H groups in total. The van der Waals surface area contributed by atoms with Gasteiger partial charge in [-0.1, -0.05) is 72.3 Å². The Morgan fingerprint density at radius 3 is 2.56 bits per heavy atom. The molecule has 3 aromatic rings. The molecule has 0 unspecified atom stereocenters. The summed E-state index contributed by atoms with van der Waals surface area (Å²) in [4.78, 5) is 14.5. The molecule has 0 heterocycles. The third-order valence-electron chi connectivity index (χ3n) is 5.18. The summed E-state index contributed by atoms with van der Waals surface area (Å²) in [5.74, 6) is -0.000300. The monoisotopic (exact) mass is 360 g/mol. The number of hydrogen-bond donors (Lipinski definition) is 1. The first-order valence-electron chi connectivity index (χ1n) is 9.63. The molecule has 27 heavy (non-hydrogen) atoms. The van der Waals surface area contributed by atoms with Gasteiger partial charge in [0.2, 0.25) is 5.91 Å². The average Bonchev–Trinajstić information content (AvgIpc) is 2.70. The summed E-state index contributed by atoms with van der Waals surface area (Å²) in [6.45, 7) is 4.95. The Hall–Kier alpha value is -2.65. The minimum Gasteiger partial charge on any atom is -0.335 e. The number of rotatable bonds is 7. The van der Waals surface area contributed by atoms with Crippen LogP contribution < -0.4 is 5.73 Å². The fourth-order valence-electron chi connectivity index (χ4n) is 3.76. The molecule has 0 fully saturated rings. The third kappa shape index (κ3) is 4.55. The lowest BCUT2D eigenvalue weighted by atomic mass is 9.98. The second-order valence-electron chi connectivity index (χ2n) is 7.13. The maximum atomic E-state index is 12.6. The Morgan fingerprint density at radius 1 is 1.04 bits per heavy atom. The molecule has 0 saturated heterocycles. The van der Waals surface area contributed by atoms with E-state index in [0.717, 1.165) is 12.8 Å². The van der Waals surface area contributed by atoms with Crippen molar-refractivity contribution in [2.24, 2.45) is 5.73 Å². The van der Waals surface area contributed by atoms with Gasteiger partial charge in [-0.15, -0.1) is 0 Å². The minimum atomic E-state index is -0.00957. The molecule has 3 heteroatoms. The largest absolute Gasteiger partial charge is 0.335 e. The van der Waals surface area contributed by atoms with Gasteiger partial charge in [0.05, 0.1) is 12.6 Å². The van der Waals surface area contributed by atoms with Gasteiger partial charge in [0.15, 0.2) is 0 Å². The van der Waals surface area contributed by atoms with Crippen LogP contribution in [0.3, 0.4) is 0 Å². The van der Waals surface area contributed by atoms with Crippen molar-refractivity contribution >= 4 is 16.7 Å². The zero-order valence-electron chi connectivity index (χ0n) is 16.2. The van der Waals surface area contributed by atoms with Gasteiger partial charge in [-0.3, -0.25) is 4.79 Å². The van der Waals surface area contributed by atoms with E-state index < -0.39 is 0 Å². The number of carbonyl (C=O) groups excluding carboxylic acids is 1. The number of benzene rings is 3. The Balaban J connectivity index is 1.78. The molecule has 1 atom stereocenters. The summed E-state index contributed by atoms with van der Waals surface area (Å²) in [6.07, 6.45) is 1.88. The lowest BCUT2D eigenvalue weighted by Crippen LogP contribution is -2.38. The number of hydrogen-bond acceptors (Lipinski definition) is 2. The number of carbonyl (C=O) groups is 1. The van der Waals surface area contributed by atoms with Gasteiger partial charge in [0, 0.05) is 6.54 Å². The summed E-state index contributed by atoms with van der Waals surface area (Å²) in [5.41, 5.74) is 9.47. The molecular formula is C24H28N2O. The summed E-state index contributed by atoms with van der Waals surface area (Å²) in [7, 11) is 0. The average molecular weight is 361 g/mol. The van der Waals surface area contributed by atoms with Crippen LogP contribution in [0.4, 0.5) is 0 Å². The van der Waals surface area contributed by atoms with E-state index in [9.17, 15) is 4.79 Å². The van der Waals surface area contributed by atoms with E-state index in [4.69, 9.17) is 5.73 Å². The van der Waals surface area contributed by atoms with Gasteiger partial charge in [-0.05, 0) is 48.6 Å². The van der Waals surface area contributed by atoms with Gasteiger partial charge in [0.25, 0.3) is 0 Å². The highest BCUT2D eigenvalue weighted by Gasteiger charge is 2.21. The molecule has 3 nitrogen and oxygen atoms in total. The molecule has 0 aromatic heterocycles. The molecule has 0 aliphatic heterocycles. The third-order valence-corrected chi connectivity index (χ3v) is 5.18. The molecule has 0 spiro atoms. The normalized spacial score (nSPS) is 12.1. The fraction of sp³-hybridized carbons (Fsp3) is 0.292. The lowest BCUT2D eigenvalue weighted by molar-refractivity contribution is -0.131. The van der Waals surface area contributed by atoms with Crippen LogP contribution in [0.2, 0.25) is 0 Å². The first-order valence-corrected chi connectivity index (χ1v) is 9.63. The van der Waals surface area contributed by atoms with E-state index in [1.807, 2.05) is 17.0 Å². The van der Waals surface area contributed by atoms with Crippen LogP contribution in [0.25, 0.3) is 10.8 Å². The highest BCUT2D eigenvalue weighted by Crippen LogP contribution is 2.28. The first-order chi connectivity index (χ1) is 13.1. The number of aryl methyl sites for hydroxylation is 2. The second-order valence-corrected chi connectivity index (χ2v) is 7.13. The van der Waals surface area contributed by atoms with Gasteiger partial charge >= 0.3 is 0 Å². The quantitative estimate of drug-likeness (QED) is 0.668. The van der Waals surface area contributed by atoms with Crippen molar-refractivity contribution in [3.05, 3.63) is 83.4 Å². The lowest BCUT2D eigenvalue weighted by Gasteiger charge is -2.30. The van der Waals surface area contributed by atoms with Crippen molar-refractivity contribution in [3.63, 3.8) is 0 Å². The van der Waals surface area contributed by atoms with Crippen LogP contribution in [0.5, 0.6) is 0 Å². The molecule has 0 saturated carbocycles. The molecule has 140 valence electrons. The minimum absolute atomic E-state index is 0.000300. The summed E-state index contributed by atoms with van der Waals surface area (Å²) in [5, 5.41) is 2.39. The number of nitrogens with two attached hydrogens (primary N) is 1. The number of fused-ring (bicyclic) bond motifs is 1. The maximum Gasteiger partial charge on any atom is 0.236 e. The van der Waals surface area contributed by atoms with Crippen molar-refractivity contribution in [1.29, 1.82) is 0 Å². The van der Waals surface area contributed by atoms with Crippen LogP contribution in [0, 0.1) is 6.92 Å². The van der Waals surface area contributed by atoms with Crippen molar-refractivity contribution in [1.82, 2.24) is 4.90 Å². The van der Waals surface area contributed by atoms with Crippen molar-refractivity contribution in [2.75, 3.05) is 13.1 Å². The van der Waals surface area contributed by atoms with Crippen LogP contribution in [0.1, 0.15) is 36.1 Å². The molecule has 3 rings (SSSR count). The van der Waals surface area contributed by atoms with Gasteiger partial charge < -0.3 is 10.6 Å². The highest BCUT2D eigenvalue weighted by molar-refractivity contribution is 5.87. The Morgan fingerprint density at radius 2 is 1.78 bits per heavy atom. The standard InChI is InChI=1S/C24H28N2O/c1-18-8-5-9-20(16-18)10-7-15-26(24(27)17-25)19(2)22-14-6-12-21-11-3-4-13-23(21)22/h3-6,8-9,11-14,16,19H,7,10,15,17,25H2,1-2H3/t19-/m1/s1. The molecule has 0 aliphatic rings. The summed E-state index contributed by atoms with van der Waals surface area (Å²) >= 11 is 0. The van der Waals surface area contributed by atoms with E-state index in [-0.39, 0.29) is 18.5 Å². The summed E-state index contributed by atoms with van der Waals surface area (Å²) in [6, 6.07) is 23.2. The Bertz CT molecular complexity index is 914. The van der Waals surface area contributed by atoms with E-state index in [2.05, 4.69) is 68.4 Å². The van der Waals surface area contributed by atoms with Gasteiger partial charge in [0.1, 0.15) is 0 Å². The van der Waals surface area contributed by atoms with Crippen LogP contribution >= 0.6 is 0 Å². The Kier molecular flexibility index (Phi) is 6.25. The van der Waals surface area contributed by atoms with E-state index in [1.165, 1.54) is 27.5 Å². The molecule has 0 aliphatic carbocycles. The number of amides is 1. The molecule has 3 aromatic carbocycles. The van der Waals surface area contributed by atoms with Gasteiger partial charge in [-0.2, -0.15) is 0 Å². The molecular weight excluding hydrogens is 332 g/mol. The van der Waals surface area contributed by atoms with Crippen LogP contribution in [-0.2, 0) is 11.2 Å². The van der Waals surface area contributed by atoms with Crippen molar-refractivity contribution < 1.29 is 4.79 Å². The first kappa shape index (κ1) is 19.1. The van der Waals surface area contributed by atoms with Gasteiger partial charge in [-0.25, -0.2) is 0 Å². The second kappa shape index (κ2) is 8.83. The fourth-order valence-corrected chi connectivity index (χ4v) is 3.76. The predicted molar refractivity (Wildman–Crippen MR) is 113 cm³/mol. The van der Waals surface area contributed by atoms with Crippen molar-refractivity contribution in [2.45, 2.75) is 32.7 Å².